The van der Waals surface area contributed by atoms with Crippen LogP contribution < -0.4 is 0 Å². The predicted octanol–water partition coefficient (Wildman–Crippen LogP) is 19.7. The summed E-state index contributed by atoms with van der Waals surface area (Å²) in [5.74, 6) is 0.823. The van der Waals surface area contributed by atoms with Crippen LogP contribution in [-0.2, 0) is 65.4 Å². The molecule has 0 saturated carbocycles. The number of unbranched alkanes of at least 4 members (excludes halogenated alkanes) is 32. The molecule has 17 nitrogen and oxygen atoms in total. The molecule has 0 fully saturated rings. The summed E-state index contributed by atoms with van der Waals surface area (Å²) in [4.78, 5) is 72.4. The number of hydrogen-bond donors (Lipinski definition) is 3. The van der Waals surface area contributed by atoms with E-state index >= 15 is 0 Å². The molecule has 0 heterocycles. The molecule has 528 valence electrons. The fraction of sp³-hybridized carbons (Fsp3) is 0.943. The zero-order valence-corrected chi connectivity index (χ0v) is 59.8. The van der Waals surface area contributed by atoms with Crippen LogP contribution in [0, 0.1) is 23.7 Å². The van der Waals surface area contributed by atoms with Gasteiger partial charge in [-0.3, -0.25) is 37.3 Å². The lowest BCUT2D eigenvalue weighted by Gasteiger charge is -2.21. The molecule has 0 amide bonds. The van der Waals surface area contributed by atoms with E-state index in [2.05, 4.69) is 55.4 Å². The van der Waals surface area contributed by atoms with E-state index in [0.29, 0.717) is 37.5 Å². The summed E-state index contributed by atoms with van der Waals surface area (Å²) < 4.78 is 68.2. The molecule has 0 aromatic carbocycles. The zero-order valence-electron chi connectivity index (χ0n) is 58.1. The summed E-state index contributed by atoms with van der Waals surface area (Å²) in [6.07, 6.45) is 42.0. The second kappa shape index (κ2) is 59.8. The number of esters is 4. The minimum atomic E-state index is -4.95. The highest BCUT2D eigenvalue weighted by Crippen LogP contribution is 2.45. The molecule has 6 atom stereocenters. The fourth-order valence-corrected chi connectivity index (χ4v) is 12.0. The molecule has 0 bridgehead atoms. The third-order valence-electron chi connectivity index (χ3n) is 16.4. The van der Waals surface area contributed by atoms with Gasteiger partial charge in [-0.25, -0.2) is 9.13 Å². The Morgan fingerprint density at radius 1 is 0.315 bits per heavy atom. The maximum Gasteiger partial charge on any atom is 0.472 e. The van der Waals surface area contributed by atoms with Crippen LogP contribution >= 0.6 is 15.6 Å². The second-order valence-electron chi connectivity index (χ2n) is 26.9. The van der Waals surface area contributed by atoms with Crippen LogP contribution in [0.25, 0.3) is 0 Å². The van der Waals surface area contributed by atoms with E-state index in [-0.39, 0.29) is 25.7 Å². The van der Waals surface area contributed by atoms with Crippen LogP contribution in [0.5, 0.6) is 0 Å². The quantitative estimate of drug-likeness (QED) is 0.0222. The lowest BCUT2D eigenvalue weighted by molar-refractivity contribution is -0.161. The summed E-state index contributed by atoms with van der Waals surface area (Å²) in [6.45, 7) is 14.0. The van der Waals surface area contributed by atoms with Crippen LogP contribution in [0.3, 0.4) is 0 Å². The largest absolute Gasteiger partial charge is 0.472 e. The number of carbonyl (C=O) groups excluding carboxylic acids is 4. The van der Waals surface area contributed by atoms with Gasteiger partial charge in [0.25, 0.3) is 0 Å². The molecule has 0 aliphatic rings. The van der Waals surface area contributed by atoms with Gasteiger partial charge in [-0.15, -0.1) is 0 Å². The van der Waals surface area contributed by atoms with E-state index in [9.17, 15) is 43.2 Å². The maximum absolute atomic E-state index is 13.0. The van der Waals surface area contributed by atoms with Crippen molar-refractivity contribution >= 4 is 39.5 Å². The Kier molecular flexibility index (Phi) is 58.5. The summed E-state index contributed by atoms with van der Waals surface area (Å²) in [7, 11) is -9.90. The number of aliphatic hydroxyl groups excluding tert-OH is 1. The second-order valence-corrected chi connectivity index (χ2v) is 29.8. The van der Waals surface area contributed by atoms with Crippen LogP contribution in [0.2, 0.25) is 0 Å². The van der Waals surface area contributed by atoms with Crippen LogP contribution in [0.1, 0.15) is 344 Å². The minimum Gasteiger partial charge on any atom is -0.462 e. The molecule has 0 aromatic rings. The molecule has 0 rings (SSSR count). The average molecular weight is 1310 g/mol. The van der Waals surface area contributed by atoms with Crippen molar-refractivity contribution in [1.29, 1.82) is 0 Å². The Morgan fingerprint density at radius 2 is 0.539 bits per heavy atom. The molecular formula is C70H136O17P2. The number of rotatable bonds is 67. The van der Waals surface area contributed by atoms with Gasteiger partial charge in [0.1, 0.15) is 19.3 Å². The highest BCUT2D eigenvalue weighted by molar-refractivity contribution is 7.47. The zero-order chi connectivity index (χ0) is 66.1. The maximum atomic E-state index is 13.0. The standard InChI is InChI=1S/C70H136O17P2/c1-9-63(8)49-41-33-23-19-14-12-10-11-13-15-20-24-36-44-52-69(74)86-65(56-80-67(72)50-42-34-28-26-31-39-47-61(4)5)58-84-88(76,77)82-54-64(71)55-83-89(78,79)85-59-66(57-81-68(73)51-43-35-29-27-32-40-48-62(6)7)87-70(75)53-45-37-25-21-17-16-18-22-30-38-46-60(2)3/h60-66,71H,9-59H2,1-8H3,(H,76,77)(H,78,79)/t63?,64-,65-,66-/m1/s1. The van der Waals surface area contributed by atoms with Crippen molar-refractivity contribution in [2.75, 3.05) is 39.6 Å². The molecule has 3 unspecified atom stereocenters. The van der Waals surface area contributed by atoms with Crippen molar-refractivity contribution in [1.82, 2.24) is 0 Å². The number of aliphatic hydroxyl groups is 1. The minimum absolute atomic E-state index is 0.104. The number of phosphoric ester groups is 2. The monoisotopic (exact) mass is 1310 g/mol. The van der Waals surface area contributed by atoms with E-state index in [1.807, 2.05) is 0 Å². The van der Waals surface area contributed by atoms with Crippen molar-refractivity contribution in [3.05, 3.63) is 0 Å². The van der Waals surface area contributed by atoms with Crippen molar-refractivity contribution in [3.63, 3.8) is 0 Å². The van der Waals surface area contributed by atoms with Gasteiger partial charge in [-0.1, -0.05) is 293 Å². The summed E-state index contributed by atoms with van der Waals surface area (Å²) in [6, 6.07) is 0. The molecule has 0 spiro atoms. The molecule has 0 aliphatic heterocycles. The Morgan fingerprint density at radius 3 is 0.798 bits per heavy atom. The molecule has 0 radical (unpaired) electrons. The Labute approximate surface area is 543 Å². The van der Waals surface area contributed by atoms with Crippen LogP contribution in [0.4, 0.5) is 0 Å². The SMILES string of the molecule is CCC(C)CCCCCCCCCCCCCCCCC(=O)O[C@H](COC(=O)CCCCCCCCC(C)C)COP(=O)(O)OC[C@@H](O)COP(=O)(O)OC[C@@H](COC(=O)CCCCCCCCC(C)C)OC(=O)CCCCCCCCCCCCC(C)C. The predicted molar refractivity (Wildman–Crippen MR) is 358 cm³/mol. The van der Waals surface area contributed by atoms with Gasteiger partial charge in [-0.2, -0.15) is 0 Å². The average Bonchev–Trinajstić information content (AvgIpc) is 3.58. The topological polar surface area (TPSA) is 237 Å². The number of phosphoric acid groups is 2. The van der Waals surface area contributed by atoms with Gasteiger partial charge in [0.2, 0.25) is 0 Å². The highest BCUT2D eigenvalue weighted by Gasteiger charge is 2.30. The Bertz CT molecular complexity index is 1770. The summed E-state index contributed by atoms with van der Waals surface area (Å²) in [5, 5.41) is 10.6. The normalized spacial score (nSPS) is 14.6. The Balaban J connectivity index is 5.20. The highest BCUT2D eigenvalue weighted by atomic mass is 31.2. The molecule has 89 heavy (non-hydrogen) atoms. The first-order chi connectivity index (χ1) is 42.6. The van der Waals surface area contributed by atoms with Crippen molar-refractivity contribution < 1.29 is 80.2 Å². The van der Waals surface area contributed by atoms with Crippen molar-refractivity contribution in [3.8, 4) is 0 Å². The molecule has 0 saturated heterocycles. The van der Waals surface area contributed by atoms with Gasteiger partial charge in [0.15, 0.2) is 12.2 Å². The Hall–Kier alpha value is -1.94. The number of ether oxygens (including phenoxy) is 4. The first-order valence-electron chi connectivity index (χ1n) is 36.2. The van der Waals surface area contributed by atoms with Crippen molar-refractivity contribution in [2.45, 2.75) is 363 Å². The smallest absolute Gasteiger partial charge is 0.462 e. The first kappa shape index (κ1) is 87.1. The summed E-state index contributed by atoms with van der Waals surface area (Å²) in [5.41, 5.74) is 0. The van der Waals surface area contributed by atoms with Crippen LogP contribution in [0.15, 0.2) is 0 Å². The molecule has 19 heteroatoms. The lowest BCUT2D eigenvalue weighted by Crippen LogP contribution is -2.30. The van der Waals surface area contributed by atoms with E-state index in [0.717, 1.165) is 115 Å². The fourth-order valence-electron chi connectivity index (χ4n) is 10.5. The van der Waals surface area contributed by atoms with E-state index < -0.39 is 97.5 Å². The van der Waals surface area contributed by atoms with E-state index in [4.69, 9.17) is 37.0 Å². The third-order valence-corrected chi connectivity index (χ3v) is 18.3. The molecule has 0 aliphatic carbocycles. The lowest BCUT2D eigenvalue weighted by atomic mass is 9.99. The number of hydrogen-bond acceptors (Lipinski definition) is 15. The first-order valence-corrected chi connectivity index (χ1v) is 39.2. The van der Waals surface area contributed by atoms with Gasteiger partial charge >= 0.3 is 39.5 Å². The summed E-state index contributed by atoms with van der Waals surface area (Å²) >= 11 is 0. The van der Waals surface area contributed by atoms with E-state index in [1.165, 1.54) is 135 Å². The molecule has 3 N–H and O–H groups in total. The van der Waals surface area contributed by atoms with Gasteiger partial charge in [0, 0.05) is 25.7 Å². The van der Waals surface area contributed by atoms with Crippen molar-refractivity contribution in [2.24, 2.45) is 23.7 Å². The van der Waals surface area contributed by atoms with Gasteiger partial charge in [0.05, 0.1) is 26.4 Å². The number of carbonyl (C=O) groups is 4. The van der Waals surface area contributed by atoms with Crippen LogP contribution in [-0.4, -0.2) is 96.7 Å². The molecular weight excluding hydrogens is 1170 g/mol. The molecule has 0 aromatic heterocycles. The van der Waals surface area contributed by atoms with Gasteiger partial charge < -0.3 is 33.8 Å². The van der Waals surface area contributed by atoms with E-state index in [1.54, 1.807) is 0 Å². The van der Waals surface area contributed by atoms with Gasteiger partial charge in [-0.05, 0) is 49.4 Å². The third kappa shape index (κ3) is 63.2.